The molecule has 7 heteroatoms. The molecule has 0 spiro atoms. The van der Waals surface area contributed by atoms with Gasteiger partial charge in [-0.1, -0.05) is 12.3 Å². The normalized spacial score (nSPS) is 14.0. The second-order valence-electron chi connectivity index (χ2n) is 6.16. The SMILES string of the molecule is C#CCOCCOCCOCCOCCOCCOCCC(=O)C1CCC1. The Morgan fingerprint density at radius 3 is 1.48 bits per heavy atom. The number of hydrogen-bond acceptors (Lipinski definition) is 7. The second kappa shape index (κ2) is 18.4. The van der Waals surface area contributed by atoms with E-state index in [1.165, 1.54) is 6.42 Å². The lowest BCUT2D eigenvalue weighted by molar-refractivity contribution is -0.126. The standard InChI is InChI=1S/C20H34O7/c1-2-7-22-9-11-24-13-15-26-17-18-27-16-14-25-12-10-23-8-6-20(21)19-4-3-5-19/h1,19H,3-18H2. The first kappa shape index (κ1) is 24.0. The summed E-state index contributed by atoms with van der Waals surface area (Å²) in [5.74, 6) is 3.04. The molecule has 1 aliphatic rings. The minimum Gasteiger partial charge on any atom is -0.379 e. The lowest BCUT2D eigenvalue weighted by Gasteiger charge is -2.23. The first-order chi connectivity index (χ1) is 13.3. The molecule has 27 heavy (non-hydrogen) atoms. The minimum atomic E-state index is 0.303. The summed E-state index contributed by atoms with van der Waals surface area (Å²) in [6, 6.07) is 0. The summed E-state index contributed by atoms with van der Waals surface area (Å²) in [6.07, 6.45) is 8.89. The maximum Gasteiger partial charge on any atom is 0.138 e. The summed E-state index contributed by atoms with van der Waals surface area (Å²) in [5, 5.41) is 0. The van der Waals surface area contributed by atoms with Gasteiger partial charge in [-0.25, -0.2) is 0 Å². The van der Waals surface area contributed by atoms with Crippen LogP contribution in [0.15, 0.2) is 0 Å². The molecule has 0 saturated heterocycles. The Bertz CT molecular complexity index is 390. The van der Waals surface area contributed by atoms with E-state index in [0.29, 0.717) is 97.4 Å². The highest BCUT2D eigenvalue weighted by molar-refractivity contribution is 5.81. The molecule has 0 amide bonds. The van der Waals surface area contributed by atoms with Gasteiger partial charge in [0.05, 0.1) is 72.7 Å². The molecule has 7 nitrogen and oxygen atoms in total. The second-order valence-corrected chi connectivity index (χ2v) is 6.16. The number of ether oxygens (including phenoxy) is 6. The molecule has 0 unspecified atom stereocenters. The van der Waals surface area contributed by atoms with Crippen LogP contribution in [0.5, 0.6) is 0 Å². The van der Waals surface area contributed by atoms with E-state index in [9.17, 15) is 4.79 Å². The van der Waals surface area contributed by atoms with Gasteiger partial charge in [-0.2, -0.15) is 0 Å². The molecule has 0 aromatic heterocycles. The molecule has 0 heterocycles. The van der Waals surface area contributed by atoms with Crippen molar-refractivity contribution >= 4 is 5.78 Å². The van der Waals surface area contributed by atoms with Crippen LogP contribution in [0.25, 0.3) is 0 Å². The molecule has 1 aliphatic carbocycles. The van der Waals surface area contributed by atoms with Gasteiger partial charge >= 0.3 is 0 Å². The van der Waals surface area contributed by atoms with Crippen molar-refractivity contribution < 1.29 is 33.2 Å². The maximum atomic E-state index is 11.7. The summed E-state index contributed by atoms with van der Waals surface area (Å²) in [5.41, 5.74) is 0. The van der Waals surface area contributed by atoms with E-state index in [1.54, 1.807) is 0 Å². The molecule has 0 aliphatic heterocycles. The first-order valence-electron chi connectivity index (χ1n) is 9.77. The van der Waals surface area contributed by atoms with Crippen molar-refractivity contribution in [2.24, 2.45) is 5.92 Å². The monoisotopic (exact) mass is 386 g/mol. The van der Waals surface area contributed by atoms with Crippen molar-refractivity contribution in [1.29, 1.82) is 0 Å². The van der Waals surface area contributed by atoms with Crippen LogP contribution in [0.1, 0.15) is 25.7 Å². The Labute approximate surface area is 163 Å². The van der Waals surface area contributed by atoms with E-state index in [2.05, 4.69) is 5.92 Å². The Morgan fingerprint density at radius 1 is 0.704 bits per heavy atom. The third kappa shape index (κ3) is 14.7. The maximum absolute atomic E-state index is 11.7. The van der Waals surface area contributed by atoms with Crippen LogP contribution in [0.3, 0.4) is 0 Å². The molecule has 0 aromatic rings. The van der Waals surface area contributed by atoms with Gasteiger partial charge in [0.15, 0.2) is 0 Å². The van der Waals surface area contributed by atoms with Crippen LogP contribution in [-0.4, -0.2) is 85.1 Å². The fourth-order valence-electron chi connectivity index (χ4n) is 2.34. The van der Waals surface area contributed by atoms with Crippen LogP contribution in [0, 0.1) is 18.3 Å². The van der Waals surface area contributed by atoms with Gasteiger partial charge in [-0.05, 0) is 12.8 Å². The third-order valence-electron chi connectivity index (χ3n) is 4.10. The largest absolute Gasteiger partial charge is 0.379 e. The lowest BCUT2D eigenvalue weighted by Crippen LogP contribution is -2.23. The van der Waals surface area contributed by atoms with E-state index < -0.39 is 0 Å². The van der Waals surface area contributed by atoms with Gasteiger partial charge in [0.2, 0.25) is 0 Å². The zero-order valence-corrected chi connectivity index (χ0v) is 16.3. The number of hydrogen-bond donors (Lipinski definition) is 0. The average molecular weight is 386 g/mol. The topological polar surface area (TPSA) is 72.5 Å². The van der Waals surface area contributed by atoms with Gasteiger partial charge < -0.3 is 28.4 Å². The highest BCUT2D eigenvalue weighted by Gasteiger charge is 2.24. The highest BCUT2D eigenvalue weighted by Crippen LogP contribution is 2.27. The molecule has 0 N–H and O–H groups in total. The number of carbonyl (C=O) groups excluding carboxylic acids is 1. The number of terminal acetylenes is 1. The Balaban J connectivity index is 1.65. The van der Waals surface area contributed by atoms with E-state index in [0.717, 1.165) is 12.8 Å². The lowest BCUT2D eigenvalue weighted by atomic mass is 9.81. The average Bonchev–Trinajstić information content (AvgIpc) is 2.62. The van der Waals surface area contributed by atoms with Gasteiger partial charge in [-0.3, -0.25) is 4.79 Å². The van der Waals surface area contributed by atoms with Crippen LogP contribution < -0.4 is 0 Å². The van der Waals surface area contributed by atoms with Crippen LogP contribution in [0.4, 0.5) is 0 Å². The Hall–Kier alpha value is -1.01. The molecule has 0 bridgehead atoms. The minimum absolute atomic E-state index is 0.303. The van der Waals surface area contributed by atoms with Crippen molar-refractivity contribution in [2.75, 3.05) is 79.3 Å². The van der Waals surface area contributed by atoms with Gasteiger partial charge in [0.1, 0.15) is 12.4 Å². The summed E-state index contributed by atoms with van der Waals surface area (Å²) < 4.78 is 31.9. The predicted molar refractivity (Wildman–Crippen MR) is 101 cm³/mol. The Kier molecular flexibility index (Phi) is 16.3. The zero-order valence-electron chi connectivity index (χ0n) is 16.3. The molecule has 0 aromatic carbocycles. The van der Waals surface area contributed by atoms with Crippen LogP contribution in [-0.2, 0) is 33.2 Å². The van der Waals surface area contributed by atoms with Gasteiger partial charge in [-0.15, -0.1) is 6.42 Å². The van der Waals surface area contributed by atoms with Crippen molar-refractivity contribution in [3.8, 4) is 12.3 Å². The van der Waals surface area contributed by atoms with Gasteiger partial charge in [0, 0.05) is 12.3 Å². The van der Waals surface area contributed by atoms with Crippen molar-refractivity contribution in [3.05, 3.63) is 0 Å². The number of rotatable bonds is 20. The van der Waals surface area contributed by atoms with E-state index >= 15 is 0 Å². The van der Waals surface area contributed by atoms with Crippen molar-refractivity contribution in [3.63, 3.8) is 0 Å². The van der Waals surface area contributed by atoms with E-state index in [-0.39, 0.29) is 0 Å². The van der Waals surface area contributed by atoms with Crippen molar-refractivity contribution in [1.82, 2.24) is 0 Å². The Morgan fingerprint density at radius 2 is 1.11 bits per heavy atom. The smallest absolute Gasteiger partial charge is 0.138 e. The molecular formula is C20H34O7. The predicted octanol–water partition coefficient (Wildman–Crippen LogP) is 1.48. The van der Waals surface area contributed by atoms with E-state index in [4.69, 9.17) is 34.8 Å². The summed E-state index contributed by atoms with van der Waals surface area (Å²) in [4.78, 5) is 11.7. The summed E-state index contributed by atoms with van der Waals surface area (Å²) in [7, 11) is 0. The van der Waals surface area contributed by atoms with E-state index in [1.807, 2.05) is 0 Å². The fraction of sp³-hybridized carbons (Fsp3) is 0.850. The quantitative estimate of drug-likeness (QED) is 0.232. The molecule has 1 saturated carbocycles. The molecule has 0 atom stereocenters. The molecule has 1 rings (SSSR count). The molecule has 156 valence electrons. The fourth-order valence-corrected chi connectivity index (χ4v) is 2.34. The van der Waals surface area contributed by atoms with Gasteiger partial charge in [0.25, 0.3) is 0 Å². The zero-order chi connectivity index (χ0) is 19.4. The number of carbonyl (C=O) groups is 1. The molecule has 0 radical (unpaired) electrons. The highest BCUT2D eigenvalue weighted by atomic mass is 16.6. The third-order valence-corrected chi connectivity index (χ3v) is 4.10. The summed E-state index contributed by atoms with van der Waals surface area (Å²) in [6.45, 7) is 5.97. The number of Topliss-reactive ketones (excluding diaryl/α,β-unsaturated/α-hetero) is 1. The summed E-state index contributed by atoms with van der Waals surface area (Å²) >= 11 is 0. The first-order valence-corrected chi connectivity index (χ1v) is 9.77. The molecule has 1 fully saturated rings. The van der Waals surface area contributed by atoms with Crippen LogP contribution in [0.2, 0.25) is 0 Å². The molecular weight excluding hydrogens is 352 g/mol. The van der Waals surface area contributed by atoms with Crippen molar-refractivity contribution in [2.45, 2.75) is 25.7 Å². The van der Waals surface area contributed by atoms with Crippen LogP contribution >= 0.6 is 0 Å². The number of ketones is 1.